The van der Waals surface area contributed by atoms with Crippen LogP contribution in [0.2, 0.25) is 0 Å². The van der Waals surface area contributed by atoms with Gasteiger partial charge in [-0.2, -0.15) is 0 Å². The molecule has 0 saturated carbocycles. The maximum atomic E-state index is 13.0. The van der Waals surface area contributed by atoms with Crippen molar-refractivity contribution in [3.8, 4) is 26.8 Å². The molecule has 3 aromatic rings. The van der Waals surface area contributed by atoms with E-state index in [1.165, 1.54) is 5.56 Å². The molecular weight excluding hydrogens is 530 g/mol. The number of fused-ring (bicyclic) bond motifs is 1. The fraction of sp³-hybridized carbons (Fsp3) is 0.483. The van der Waals surface area contributed by atoms with Crippen LogP contribution in [-0.4, -0.2) is 74.8 Å². The maximum Gasteiger partial charge on any atom is 0.213 e. The first-order valence-corrected chi connectivity index (χ1v) is 16.1. The number of thiazole rings is 1. The molecule has 2 aromatic carbocycles. The van der Waals surface area contributed by atoms with Gasteiger partial charge in [0.15, 0.2) is 0 Å². The number of sulfonamides is 1. The topological polar surface area (TPSA) is 101 Å². The Labute approximate surface area is 236 Å². The molecule has 2 heterocycles. The lowest BCUT2D eigenvalue weighted by atomic mass is 10.0. The molecule has 2 aliphatic rings. The van der Waals surface area contributed by atoms with E-state index >= 15 is 0 Å². The number of rotatable bonds is 10. The molecule has 8 nitrogen and oxygen atoms in total. The third kappa shape index (κ3) is 6.47. The highest BCUT2D eigenvalue weighted by molar-refractivity contribution is 7.89. The van der Waals surface area contributed by atoms with E-state index in [0.717, 1.165) is 58.9 Å². The monoisotopic (exact) mass is 569 g/mol. The summed E-state index contributed by atoms with van der Waals surface area (Å²) in [5.41, 5.74) is 11.2. The summed E-state index contributed by atoms with van der Waals surface area (Å²) in [5, 5.41) is 0.888. The van der Waals surface area contributed by atoms with Gasteiger partial charge in [-0.3, -0.25) is 0 Å². The second-order valence-electron chi connectivity index (χ2n) is 11.1. The average Bonchev–Trinajstić information content (AvgIpc) is 3.64. The second-order valence-corrected chi connectivity index (χ2v) is 14.0. The molecule has 0 spiro atoms. The van der Waals surface area contributed by atoms with Gasteiger partial charge in [0.25, 0.3) is 0 Å². The van der Waals surface area contributed by atoms with Gasteiger partial charge in [0.1, 0.15) is 10.8 Å². The summed E-state index contributed by atoms with van der Waals surface area (Å²) >= 11 is 1.62. The molecular formula is C29H39N5O3S2. The zero-order chi connectivity index (χ0) is 27.7. The lowest BCUT2D eigenvalue weighted by molar-refractivity contribution is 0.244. The molecule has 1 fully saturated rings. The smallest absolute Gasteiger partial charge is 0.213 e. The molecule has 1 aliphatic carbocycles. The number of likely N-dealkylation sites (N-methyl/N-ethyl adjacent to an activating group) is 1. The summed E-state index contributed by atoms with van der Waals surface area (Å²) < 4.78 is 34.8. The number of hydrogen-bond donors (Lipinski definition) is 2. The highest BCUT2D eigenvalue weighted by atomic mass is 32.2. The first kappa shape index (κ1) is 28.0. The van der Waals surface area contributed by atoms with Crippen LogP contribution < -0.4 is 15.2 Å². The van der Waals surface area contributed by atoms with Crippen LogP contribution in [0.4, 0.5) is 5.69 Å². The molecule has 0 bridgehead atoms. The van der Waals surface area contributed by atoms with E-state index in [1.807, 2.05) is 44.3 Å². The van der Waals surface area contributed by atoms with Gasteiger partial charge in [0.05, 0.1) is 22.4 Å². The number of benzene rings is 2. The summed E-state index contributed by atoms with van der Waals surface area (Å²) in [4.78, 5) is 10.2. The SMILES string of the molecule is CC(C)Oc1ccc(-c2ncc(-c3cccc4c3CC[C@H]4NS(=O)(=O)CCN3CCC(N(C)C)C3)s2)cc1N. The molecule has 210 valence electrons. The molecule has 1 saturated heterocycles. The number of anilines is 1. The van der Waals surface area contributed by atoms with Gasteiger partial charge in [-0.25, -0.2) is 18.1 Å². The average molecular weight is 570 g/mol. The Kier molecular flexibility index (Phi) is 8.30. The van der Waals surface area contributed by atoms with Gasteiger partial charge >= 0.3 is 0 Å². The standard InChI is InChI=1S/C29H39N5O3S2/c1-19(2)37-27-11-8-20(16-25(27)30)29-31-17-28(38-29)24-7-5-6-23-22(24)9-10-26(23)32-39(35,36)15-14-34-13-12-21(18-34)33(3)4/h5-8,11,16-17,19,21,26,32H,9-10,12-15,18,30H2,1-4H3/t21?,26-/m1/s1. The molecule has 39 heavy (non-hydrogen) atoms. The number of nitrogens with two attached hydrogens (primary N) is 1. The minimum atomic E-state index is -3.39. The number of likely N-dealkylation sites (tertiary alicyclic amines) is 1. The number of aromatic nitrogens is 1. The van der Waals surface area contributed by atoms with Crippen molar-refractivity contribution in [3.05, 3.63) is 53.7 Å². The predicted octanol–water partition coefficient (Wildman–Crippen LogP) is 4.39. The number of nitrogens with one attached hydrogen (secondary N) is 1. The van der Waals surface area contributed by atoms with E-state index in [2.05, 4.69) is 45.7 Å². The van der Waals surface area contributed by atoms with Crippen LogP contribution in [0.1, 0.15) is 43.9 Å². The van der Waals surface area contributed by atoms with Crippen LogP contribution in [0.25, 0.3) is 21.0 Å². The van der Waals surface area contributed by atoms with Crippen molar-refractivity contribution in [2.24, 2.45) is 0 Å². The Balaban J connectivity index is 1.27. The van der Waals surface area contributed by atoms with Crippen molar-refractivity contribution in [3.63, 3.8) is 0 Å². The molecule has 0 radical (unpaired) electrons. The molecule has 10 heteroatoms. The van der Waals surface area contributed by atoms with Crippen LogP contribution in [-0.2, 0) is 16.4 Å². The first-order chi connectivity index (χ1) is 18.6. The fourth-order valence-electron chi connectivity index (χ4n) is 5.54. The van der Waals surface area contributed by atoms with Crippen molar-refractivity contribution in [2.45, 2.75) is 51.3 Å². The lowest BCUT2D eigenvalue weighted by Gasteiger charge is -2.21. The predicted molar refractivity (Wildman–Crippen MR) is 160 cm³/mol. The molecule has 1 aliphatic heterocycles. The summed E-state index contributed by atoms with van der Waals surface area (Å²) in [7, 11) is 0.775. The van der Waals surface area contributed by atoms with Crippen molar-refractivity contribution >= 4 is 27.0 Å². The zero-order valence-corrected chi connectivity index (χ0v) is 24.8. The van der Waals surface area contributed by atoms with E-state index in [-0.39, 0.29) is 17.9 Å². The minimum absolute atomic E-state index is 0.0546. The van der Waals surface area contributed by atoms with Gasteiger partial charge in [-0.05, 0) is 88.6 Å². The summed E-state index contributed by atoms with van der Waals surface area (Å²) in [6.45, 7) is 6.40. The van der Waals surface area contributed by atoms with E-state index in [1.54, 1.807) is 11.3 Å². The third-order valence-corrected chi connectivity index (χ3v) is 10.1. The van der Waals surface area contributed by atoms with Gasteiger partial charge in [-0.15, -0.1) is 11.3 Å². The zero-order valence-electron chi connectivity index (χ0n) is 23.2. The quantitative estimate of drug-likeness (QED) is 0.349. The van der Waals surface area contributed by atoms with Crippen LogP contribution in [0, 0.1) is 0 Å². The van der Waals surface area contributed by atoms with Gasteiger partial charge in [0.2, 0.25) is 10.0 Å². The van der Waals surface area contributed by atoms with Crippen LogP contribution >= 0.6 is 11.3 Å². The number of hydrogen-bond acceptors (Lipinski definition) is 8. The second kappa shape index (κ2) is 11.5. The lowest BCUT2D eigenvalue weighted by Crippen LogP contribution is -2.37. The Morgan fingerprint density at radius 3 is 2.77 bits per heavy atom. The Morgan fingerprint density at radius 1 is 1.23 bits per heavy atom. The molecule has 5 rings (SSSR count). The molecule has 3 N–H and O–H groups in total. The van der Waals surface area contributed by atoms with Crippen molar-refractivity contribution in [1.82, 2.24) is 19.5 Å². The normalized spacial score (nSPS) is 19.7. The largest absolute Gasteiger partial charge is 0.489 e. The van der Waals surface area contributed by atoms with E-state index in [9.17, 15) is 8.42 Å². The van der Waals surface area contributed by atoms with E-state index in [4.69, 9.17) is 10.5 Å². The highest BCUT2D eigenvalue weighted by Crippen LogP contribution is 2.41. The van der Waals surface area contributed by atoms with Crippen LogP contribution in [0.5, 0.6) is 5.75 Å². The van der Waals surface area contributed by atoms with Crippen molar-refractivity contribution in [1.29, 1.82) is 0 Å². The van der Waals surface area contributed by atoms with Crippen LogP contribution in [0.3, 0.4) is 0 Å². The van der Waals surface area contributed by atoms with E-state index in [0.29, 0.717) is 24.0 Å². The molecule has 1 unspecified atom stereocenters. The van der Waals surface area contributed by atoms with Gasteiger partial charge in [-0.1, -0.05) is 18.2 Å². The number of nitrogen functional groups attached to an aromatic ring is 1. The van der Waals surface area contributed by atoms with E-state index < -0.39 is 10.0 Å². The van der Waals surface area contributed by atoms with Gasteiger partial charge in [0, 0.05) is 36.9 Å². The molecule has 2 atom stereocenters. The van der Waals surface area contributed by atoms with Crippen molar-refractivity contribution < 1.29 is 13.2 Å². The first-order valence-electron chi connectivity index (χ1n) is 13.6. The fourth-order valence-corrected chi connectivity index (χ4v) is 7.80. The Bertz CT molecular complexity index is 1420. The number of ether oxygens (including phenoxy) is 1. The number of nitrogens with zero attached hydrogens (tertiary/aromatic N) is 3. The summed E-state index contributed by atoms with van der Waals surface area (Å²) in [6.07, 6.45) is 4.63. The molecule has 1 aromatic heterocycles. The Hall–Kier alpha value is -2.50. The summed E-state index contributed by atoms with van der Waals surface area (Å²) in [5.74, 6) is 0.805. The maximum absolute atomic E-state index is 13.0. The van der Waals surface area contributed by atoms with Gasteiger partial charge < -0.3 is 20.3 Å². The minimum Gasteiger partial charge on any atom is -0.489 e. The summed E-state index contributed by atoms with van der Waals surface area (Å²) in [6, 6.07) is 12.3. The Morgan fingerprint density at radius 2 is 2.05 bits per heavy atom. The third-order valence-electron chi connectivity index (χ3n) is 7.64. The highest BCUT2D eigenvalue weighted by Gasteiger charge is 2.30. The van der Waals surface area contributed by atoms with Crippen molar-refractivity contribution in [2.75, 3.05) is 45.2 Å². The molecule has 0 amide bonds. The van der Waals surface area contributed by atoms with Crippen LogP contribution in [0.15, 0.2) is 42.6 Å².